The van der Waals surface area contributed by atoms with E-state index in [0.717, 1.165) is 6.42 Å². The Hall–Kier alpha value is -1.29. The molecule has 0 saturated heterocycles. The SMILES string of the molecule is COc1cc(C(=O)NC(CCl)CC(C)C)ccc1F. The van der Waals surface area contributed by atoms with Crippen molar-refractivity contribution >= 4 is 17.5 Å². The monoisotopic (exact) mass is 287 g/mol. The van der Waals surface area contributed by atoms with Gasteiger partial charge < -0.3 is 10.1 Å². The van der Waals surface area contributed by atoms with Crippen LogP contribution in [0.15, 0.2) is 18.2 Å². The van der Waals surface area contributed by atoms with Gasteiger partial charge in [-0.05, 0) is 30.5 Å². The second kappa shape index (κ2) is 7.34. The second-order valence-electron chi connectivity index (χ2n) is 4.80. The molecule has 3 nitrogen and oxygen atoms in total. The molecule has 0 fully saturated rings. The third-order valence-corrected chi connectivity index (χ3v) is 3.06. The van der Waals surface area contributed by atoms with Crippen LogP contribution in [0.4, 0.5) is 4.39 Å². The van der Waals surface area contributed by atoms with Crippen molar-refractivity contribution in [1.82, 2.24) is 5.32 Å². The van der Waals surface area contributed by atoms with E-state index in [-0.39, 0.29) is 17.7 Å². The van der Waals surface area contributed by atoms with E-state index in [0.29, 0.717) is 17.4 Å². The van der Waals surface area contributed by atoms with Gasteiger partial charge in [-0.2, -0.15) is 0 Å². The Bertz CT molecular complexity index is 437. The van der Waals surface area contributed by atoms with Gasteiger partial charge in [-0.15, -0.1) is 11.6 Å². The summed E-state index contributed by atoms with van der Waals surface area (Å²) in [6, 6.07) is 3.93. The van der Waals surface area contributed by atoms with Crippen LogP contribution in [0.25, 0.3) is 0 Å². The summed E-state index contributed by atoms with van der Waals surface area (Å²) in [6.07, 6.45) is 0.799. The summed E-state index contributed by atoms with van der Waals surface area (Å²) in [5.41, 5.74) is 0.358. The number of hydrogen-bond donors (Lipinski definition) is 1. The van der Waals surface area contributed by atoms with E-state index in [1.165, 1.54) is 25.3 Å². The topological polar surface area (TPSA) is 38.3 Å². The molecule has 1 N–H and O–H groups in total. The first kappa shape index (κ1) is 15.8. The fourth-order valence-corrected chi connectivity index (χ4v) is 2.00. The van der Waals surface area contributed by atoms with E-state index in [2.05, 4.69) is 19.2 Å². The smallest absolute Gasteiger partial charge is 0.251 e. The number of rotatable bonds is 6. The molecule has 1 aromatic carbocycles. The number of hydrogen-bond acceptors (Lipinski definition) is 2. The van der Waals surface area contributed by atoms with Crippen molar-refractivity contribution in [2.45, 2.75) is 26.3 Å². The molecule has 0 spiro atoms. The van der Waals surface area contributed by atoms with Gasteiger partial charge in [0.2, 0.25) is 0 Å². The zero-order valence-electron chi connectivity index (χ0n) is 11.4. The standard InChI is InChI=1S/C14H19ClFNO2/c1-9(2)6-11(8-15)17-14(18)10-4-5-12(16)13(7-10)19-3/h4-5,7,9,11H,6,8H2,1-3H3,(H,17,18). The summed E-state index contributed by atoms with van der Waals surface area (Å²) in [7, 11) is 1.36. The van der Waals surface area contributed by atoms with Crippen molar-refractivity contribution in [1.29, 1.82) is 0 Å². The van der Waals surface area contributed by atoms with Crippen LogP contribution in [0.2, 0.25) is 0 Å². The van der Waals surface area contributed by atoms with Crippen molar-refractivity contribution < 1.29 is 13.9 Å². The van der Waals surface area contributed by atoms with Crippen molar-refractivity contribution in [2.75, 3.05) is 13.0 Å². The van der Waals surface area contributed by atoms with Gasteiger partial charge in [0, 0.05) is 17.5 Å². The number of methoxy groups -OCH3 is 1. The van der Waals surface area contributed by atoms with Crippen LogP contribution >= 0.6 is 11.6 Å². The average Bonchev–Trinajstić information content (AvgIpc) is 2.37. The molecule has 19 heavy (non-hydrogen) atoms. The van der Waals surface area contributed by atoms with E-state index < -0.39 is 5.82 Å². The van der Waals surface area contributed by atoms with Gasteiger partial charge in [-0.1, -0.05) is 13.8 Å². The predicted molar refractivity (Wildman–Crippen MR) is 74.4 cm³/mol. The Morgan fingerprint density at radius 1 is 1.47 bits per heavy atom. The molecular weight excluding hydrogens is 269 g/mol. The molecule has 0 radical (unpaired) electrons. The highest BCUT2D eigenvalue weighted by Crippen LogP contribution is 2.18. The maximum atomic E-state index is 13.3. The second-order valence-corrected chi connectivity index (χ2v) is 5.11. The fourth-order valence-electron chi connectivity index (χ4n) is 1.80. The number of amides is 1. The first-order chi connectivity index (χ1) is 8.97. The number of carbonyl (C=O) groups is 1. The summed E-state index contributed by atoms with van der Waals surface area (Å²) >= 11 is 5.83. The quantitative estimate of drug-likeness (QED) is 0.816. The maximum absolute atomic E-state index is 13.3. The third-order valence-electron chi connectivity index (χ3n) is 2.69. The minimum Gasteiger partial charge on any atom is -0.494 e. The van der Waals surface area contributed by atoms with Crippen LogP contribution in [0.1, 0.15) is 30.6 Å². The summed E-state index contributed by atoms with van der Waals surface area (Å²) in [6.45, 7) is 4.12. The minimum absolute atomic E-state index is 0.0546. The van der Waals surface area contributed by atoms with E-state index in [4.69, 9.17) is 16.3 Å². The summed E-state index contributed by atoms with van der Waals surface area (Å²) in [5, 5.41) is 2.84. The van der Waals surface area contributed by atoms with E-state index in [9.17, 15) is 9.18 Å². The molecule has 0 heterocycles. The van der Waals surface area contributed by atoms with Gasteiger partial charge in [-0.25, -0.2) is 4.39 Å². The van der Waals surface area contributed by atoms with Gasteiger partial charge >= 0.3 is 0 Å². The zero-order chi connectivity index (χ0) is 14.4. The first-order valence-corrected chi connectivity index (χ1v) is 6.71. The van der Waals surface area contributed by atoms with Crippen LogP contribution in [-0.4, -0.2) is 24.9 Å². The van der Waals surface area contributed by atoms with Crippen LogP contribution < -0.4 is 10.1 Å². The minimum atomic E-state index is -0.491. The van der Waals surface area contributed by atoms with Gasteiger partial charge in [0.25, 0.3) is 5.91 Å². The van der Waals surface area contributed by atoms with Crippen molar-refractivity contribution in [3.05, 3.63) is 29.6 Å². The molecule has 5 heteroatoms. The molecule has 1 amide bonds. The molecule has 0 aliphatic rings. The fraction of sp³-hybridized carbons (Fsp3) is 0.500. The van der Waals surface area contributed by atoms with Gasteiger partial charge in [0.15, 0.2) is 11.6 Å². The molecule has 0 saturated carbocycles. The number of carbonyl (C=O) groups excluding carboxylic acids is 1. The van der Waals surface area contributed by atoms with Crippen molar-refractivity contribution in [3.8, 4) is 5.75 Å². The average molecular weight is 288 g/mol. The molecule has 1 aromatic rings. The Balaban J connectivity index is 2.77. The molecule has 1 atom stereocenters. The molecule has 0 aliphatic carbocycles. The van der Waals surface area contributed by atoms with Crippen LogP contribution in [0, 0.1) is 11.7 Å². The van der Waals surface area contributed by atoms with Crippen LogP contribution in [-0.2, 0) is 0 Å². The number of alkyl halides is 1. The van der Waals surface area contributed by atoms with Crippen molar-refractivity contribution in [2.24, 2.45) is 5.92 Å². The number of nitrogens with one attached hydrogen (secondary N) is 1. The lowest BCUT2D eigenvalue weighted by atomic mass is 10.0. The van der Waals surface area contributed by atoms with Gasteiger partial charge in [0.05, 0.1) is 7.11 Å². The molecule has 0 bridgehead atoms. The Morgan fingerprint density at radius 3 is 2.68 bits per heavy atom. The highest BCUT2D eigenvalue weighted by molar-refractivity contribution is 6.18. The highest BCUT2D eigenvalue weighted by Gasteiger charge is 2.15. The lowest BCUT2D eigenvalue weighted by Crippen LogP contribution is -2.37. The van der Waals surface area contributed by atoms with Gasteiger partial charge in [0.1, 0.15) is 0 Å². The molecular formula is C14H19ClFNO2. The first-order valence-electron chi connectivity index (χ1n) is 6.18. The molecule has 0 aliphatic heterocycles. The molecule has 0 aromatic heterocycles. The molecule has 1 unspecified atom stereocenters. The van der Waals surface area contributed by atoms with Crippen LogP contribution in [0.5, 0.6) is 5.75 Å². The number of halogens is 2. The Kier molecular flexibility index (Phi) is 6.09. The normalized spacial score (nSPS) is 12.3. The Morgan fingerprint density at radius 2 is 2.16 bits per heavy atom. The number of benzene rings is 1. The summed E-state index contributed by atoms with van der Waals surface area (Å²) < 4.78 is 18.1. The summed E-state index contributed by atoms with van der Waals surface area (Å²) in [4.78, 5) is 12.0. The maximum Gasteiger partial charge on any atom is 0.251 e. The molecule has 106 valence electrons. The highest BCUT2D eigenvalue weighted by atomic mass is 35.5. The lowest BCUT2D eigenvalue weighted by Gasteiger charge is -2.18. The van der Waals surface area contributed by atoms with Crippen LogP contribution in [0.3, 0.4) is 0 Å². The lowest BCUT2D eigenvalue weighted by molar-refractivity contribution is 0.0936. The molecule has 1 rings (SSSR count). The van der Waals surface area contributed by atoms with E-state index in [1.54, 1.807) is 0 Å². The predicted octanol–water partition coefficient (Wildman–Crippen LogP) is 3.22. The summed E-state index contributed by atoms with van der Waals surface area (Å²) in [5.74, 6) is 0.0767. The van der Waals surface area contributed by atoms with Crippen molar-refractivity contribution in [3.63, 3.8) is 0 Å². The number of ether oxygens (including phenoxy) is 1. The third kappa shape index (κ3) is 4.71. The van der Waals surface area contributed by atoms with E-state index in [1.807, 2.05) is 0 Å². The zero-order valence-corrected chi connectivity index (χ0v) is 12.1. The largest absolute Gasteiger partial charge is 0.494 e. The Labute approximate surface area is 118 Å². The van der Waals surface area contributed by atoms with Gasteiger partial charge in [-0.3, -0.25) is 4.79 Å². The van der Waals surface area contributed by atoms with E-state index >= 15 is 0 Å².